The molecule has 1 saturated carbocycles. The van der Waals surface area contributed by atoms with Crippen molar-refractivity contribution in [2.75, 3.05) is 18.1 Å². The van der Waals surface area contributed by atoms with Crippen LogP contribution in [0.1, 0.15) is 58.4 Å². The van der Waals surface area contributed by atoms with Crippen molar-refractivity contribution in [1.29, 1.82) is 0 Å². The van der Waals surface area contributed by atoms with E-state index in [4.69, 9.17) is 0 Å². The van der Waals surface area contributed by atoms with Crippen LogP contribution in [0.5, 0.6) is 0 Å². The highest BCUT2D eigenvalue weighted by molar-refractivity contribution is 5.83. The lowest BCUT2D eigenvalue weighted by Crippen LogP contribution is -2.53. The van der Waals surface area contributed by atoms with Gasteiger partial charge in [-0.1, -0.05) is 25.5 Å². The predicted octanol–water partition coefficient (Wildman–Crippen LogP) is 4.44. The highest BCUT2D eigenvalue weighted by atomic mass is 19.3. The standard InChI is InChI=1S/C25H31F2N5O2/c1-24(8-2-9-24)22(33)30-13-10-25(34,11-14-30)15-21-7-12-28-32(21)20-5-3-18(4-6-20)19-16-29-31(17-19)23(26)27/h3-6,12,16-17,21,23,34H,2,7-11,13-15H2,1H3. The molecule has 182 valence electrons. The molecule has 1 aliphatic carbocycles. The number of hydrogen-bond donors (Lipinski definition) is 1. The molecule has 1 atom stereocenters. The van der Waals surface area contributed by atoms with Gasteiger partial charge in [-0.15, -0.1) is 0 Å². The summed E-state index contributed by atoms with van der Waals surface area (Å²) >= 11 is 0. The zero-order valence-electron chi connectivity index (χ0n) is 19.4. The Morgan fingerprint density at radius 1 is 1.15 bits per heavy atom. The van der Waals surface area contributed by atoms with Crippen molar-refractivity contribution in [3.63, 3.8) is 0 Å². The Bertz CT molecular complexity index is 1060. The molecule has 5 rings (SSSR count). The summed E-state index contributed by atoms with van der Waals surface area (Å²) in [7, 11) is 0. The second kappa shape index (κ2) is 8.76. The van der Waals surface area contributed by atoms with E-state index in [-0.39, 0.29) is 17.4 Å². The number of halogens is 2. The first-order valence-electron chi connectivity index (χ1n) is 12.0. The normalized spacial score (nSPS) is 23.4. The van der Waals surface area contributed by atoms with Crippen LogP contribution < -0.4 is 5.01 Å². The van der Waals surface area contributed by atoms with Crippen LogP contribution >= 0.6 is 0 Å². The van der Waals surface area contributed by atoms with Gasteiger partial charge in [0.1, 0.15) is 0 Å². The molecule has 9 heteroatoms. The first-order valence-corrected chi connectivity index (χ1v) is 12.0. The molecule has 3 heterocycles. The van der Waals surface area contributed by atoms with Crippen molar-refractivity contribution in [1.82, 2.24) is 14.7 Å². The Balaban J connectivity index is 1.21. The van der Waals surface area contributed by atoms with Crippen LogP contribution in [-0.2, 0) is 4.79 Å². The highest BCUT2D eigenvalue weighted by Gasteiger charge is 2.45. The van der Waals surface area contributed by atoms with E-state index in [1.165, 1.54) is 12.4 Å². The minimum atomic E-state index is -2.66. The summed E-state index contributed by atoms with van der Waals surface area (Å²) in [6.45, 7) is 0.590. The van der Waals surface area contributed by atoms with Crippen LogP contribution in [0.4, 0.5) is 14.5 Å². The Morgan fingerprint density at radius 3 is 2.44 bits per heavy atom. The molecule has 0 radical (unpaired) electrons. The third kappa shape index (κ3) is 4.33. The number of hydrazone groups is 1. The van der Waals surface area contributed by atoms with E-state index in [1.54, 1.807) is 0 Å². The molecule has 1 aromatic carbocycles. The molecule has 0 spiro atoms. The van der Waals surface area contributed by atoms with E-state index in [0.717, 1.165) is 36.9 Å². The van der Waals surface area contributed by atoms with Crippen molar-refractivity contribution in [2.24, 2.45) is 10.5 Å². The smallest absolute Gasteiger partial charge is 0.333 e. The number of rotatable bonds is 6. The number of benzene rings is 1. The lowest BCUT2D eigenvalue weighted by molar-refractivity contribution is -0.150. The maximum atomic E-state index is 12.8. The van der Waals surface area contributed by atoms with E-state index in [9.17, 15) is 18.7 Å². The highest BCUT2D eigenvalue weighted by Crippen LogP contribution is 2.43. The molecule has 1 saturated heterocycles. The number of piperidine rings is 1. The van der Waals surface area contributed by atoms with Crippen LogP contribution in [0.2, 0.25) is 0 Å². The Kier molecular flexibility index (Phi) is 5.91. The van der Waals surface area contributed by atoms with Gasteiger partial charge in [0.2, 0.25) is 5.91 Å². The minimum absolute atomic E-state index is 0.0313. The molecule has 2 fully saturated rings. The fourth-order valence-corrected chi connectivity index (χ4v) is 5.37. The molecule has 1 amide bonds. The molecular weight excluding hydrogens is 440 g/mol. The van der Waals surface area contributed by atoms with Gasteiger partial charge in [0.15, 0.2) is 0 Å². The molecule has 1 N–H and O–H groups in total. The number of amides is 1. The summed E-state index contributed by atoms with van der Waals surface area (Å²) in [4.78, 5) is 14.8. The number of nitrogens with zero attached hydrogens (tertiary/aromatic N) is 5. The lowest BCUT2D eigenvalue weighted by atomic mass is 9.69. The summed E-state index contributed by atoms with van der Waals surface area (Å²) < 4.78 is 26.2. The number of carbonyl (C=O) groups is 1. The average molecular weight is 472 g/mol. The maximum Gasteiger partial charge on any atom is 0.333 e. The molecule has 2 aromatic rings. The van der Waals surface area contributed by atoms with E-state index in [1.807, 2.05) is 40.4 Å². The third-order valence-electron chi connectivity index (χ3n) is 7.77. The first kappa shape index (κ1) is 23.0. The number of alkyl halides is 2. The van der Waals surface area contributed by atoms with E-state index >= 15 is 0 Å². The van der Waals surface area contributed by atoms with Crippen molar-refractivity contribution < 1.29 is 18.7 Å². The summed E-state index contributed by atoms with van der Waals surface area (Å²) in [6, 6.07) is 7.59. The van der Waals surface area contributed by atoms with Gasteiger partial charge in [-0.3, -0.25) is 9.80 Å². The van der Waals surface area contributed by atoms with Gasteiger partial charge < -0.3 is 10.0 Å². The Labute approximate surface area is 198 Å². The van der Waals surface area contributed by atoms with Gasteiger partial charge in [-0.2, -0.15) is 19.0 Å². The van der Waals surface area contributed by atoms with Gasteiger partial charge in [-0.05, 0) is 49.8 Å². The van der Waals surface area contributed by atoms with Gasteiger partial charge in [-0.25, -0.2) is 4.68 Å². The maximum absolute atomic E-state index is 12.8. The Hall–Kier alpha value is -2.81. The number of hydrogen-bond acceptors (Lipinski definition) is 5. The second-order valence-corrected chi connectivity index (χ2v) is 10.2. The number of aromatic nitrogens is 2. The quantitative estimate of drug-likeness (QED) is 0.676. The van der Waals surface area contributed by atoms with E-state index in [0.29, 0.717) is 42.6 Å². The van der Waals surface area contributed by atoms with Crippen molar-refractivity contribution >= 4 is 17.8 Å². The summed E-state index contributed by atoms with van der Waals surface area (Å²) in [5, 5.41) is 21.5. The van der Waals surface area contributed by atoms with Crippen LogP contribution in [0, 0.1) is 5.41 Å². The van der Waals surface area contributed by atoms with Gasteiger partial charge in [0.05, 0.1) is 23.5 Å². The third-order valence-corrected chi connectivity index (χ3v) is 7.77. The van der Waals surface area contributed by atoms with E-state index < -0.39 is 12.2 Å². The fraction of sp³-hybridized carbons (Fsp3) is 0.560. The Morgan fingerprint density at radius 2 is 1.85 bits per heavy atom. The molecule has 34 heavy (non-hydrogen) atoms. The van der Waals surface area contributed by atoms with Crippen LogP contribution in [0.3, 0.4) is 0 Å². The summed E-state index contributed by atoms with van der Waals surface area (Å²) in [5.41, 5.74) is 1.29. The SMILES string of the molecule is CC1(C(=O)N2CCC(O)(CC3CC=NN3c3ccc(-c4cnn(C(F)F)c4)cc3)CC2)CCC1. The zero-order valence-corrected chi connectivity index (χ0v) is 19.4. The summed E-state index contributed by atoms with van der Waals surface area (Å²) in [6.07, 6.45) is 10.1. The average Bonchev–Trinajstić information content (AvgIpc) is 3.47. The molecule has 1 unspecified atom stereocenters. The van der Waals surface area contributed by atoms with Gasteiger partial charge in [0, 0.05) is 42.9 Å². The topological polar surface area (TPSA) is 74.0 Å². The molecular formula is C25H31F2N5O2. The van der Waals surface area contributed by atoms with Crippen LogP contribution in [0.15, 0.2) is 41.8 Å². The van der Waals surface area contributed by atoms with Crippen LogP contribution in [0.25, 0.3) is 11.1 Å². The number of aliphatic hydroxyl groups is 1. The number of likely N-dealkylation sites (tertiary alicyclic amines) is 1. The van der Waals surface area contributed by atoms with Crippen molar-refractivity contribution in [3.8, 4) is 11.1 Å². The van der Waals surface area contributed by atoms with E-state index in [2.05, 4.69) is 17.1 Å². The monoisotopic (exact) mass is 471 g/mol. The number of carbonyl (C=O) groups excluding carboxylic acids is 1. The fourth-order valence-electron chi connectivity index (χ4n) is 5.37. The second-order valence-electron chi connectivity index (χ2n) is 10.2. The minimum Gasteiger partial charge on any atom is -0.390 e. The molecule has 7 nitrogen and oxygen atoms in total. The summed E-state index contributed by atoms with van der Waals surface area (Å²) in [5.74, 6) is 0.241. The number of anilines is 1. The molecule has 2 aliphatic heterocycles. The van der Waals surface area contributed by atoms with Gasteiger partial charge >= 0.3 is 6.55 Å². The first-order chi connectivity index (χ1) is 16.3. The van der Waals surface area contributed by atoms with Gasteiger partial charge in [0.25, 0.3) is 0 Å². The molecule has 3 aliphatic rings. The molecule has 1 aromatic heterocycles. The molecule has 0 bridgehead atoms. The van der Waals surface area contributed by atoms with Crippen molar-refractivity contribution in [3.05, 3.63) is 36.7 Å². The largest absolute Gasteiger partial charge is 0.390 e. The van der Waals surface area contributed by atoms with Crippen LogP contribution in [-0.4, -0.2) is 56.6 Å². The predicted molar refractivity (Wildman–Crippen MR) is 126 cm³/mol. The van der Waals surface area contributed by atoms with Crippen molar-refractivity contribution in [2.45, 2.75) is 70.1 Å². The lowest BCUT2D eigenvalue weighted by Gasteiger charge is -2.45. The zero-order chi connectivity index (χ0) is 23.9.